The van der Waals surface area contributed by atoms with Gasteiger partial charge in [0.1, 0.15) is 4.90 Å². The van der Waals surface area contributed by atoms with E-state index in [9.17, 15) is 17.2 Å². The van der Waals surface area contributed by atoms with Crippen LogP contribution < -0.4 is 8.92 Å². The van der Waals surface area contributed by atoms with Gasteiger partial charge in [0, 0.05) is 0 Å². The highest BCUT2D eigenvalue weighted by Gasteiger charge is 2.21. The predicted molar refractivity (Wildman–Crippen MR) is 81.9 cm³/mol. The molecular formula is C16H14F2O4S. The molecule has 0 atom stereocenters. The molecule has 0 aliphatic heterocycles. The molecule has 2 rings (SSSR count). The van der Waals surface area contributed by atoms with E-state index in [1.165, 1.54) is 13.2 Å². The third kappa shape index (κ3) is 3.87. The van der Waals surface area contributed by atoms with Gasteiger partial charge in [0.25, 0.3) is 0 Å². The minimum Gasteiger partial charge on any atom is -0.493 e. The molecule has 122 valence electrons. The molecule has 0 amide bonds. The van der Waals surface area contributed by atoms with Crippen LogP contribution in [0.1, 0.15) is 12.5 Å². The summed E-state index contributed by atoms with van der Waals surface area (Å²) in [6.07, 6.45) is 3.61. The highest BCUT2D eigenvalue weighted by atomic mass is 32.2. The molecule has 0 aliphatic carbocycles. The Labute approximate surface area is 133 Å². The van der Waals surface area contributed by atoms with Crippen LogP contribution in [0.25, 0.3) is 6.08 Å². The monoisotopic (exact) mass is 340 g/mol. The van der Waals surface area contributed by atoms with Crippen molar-refractivity contribution in [1.29, 1.82) is 0 Å². The summed E-state index contributed by atoms with van der Waals surface area (Å²) in [5.41, 5.74) is 0.793. The first kappa shape index (κ1) is 17.0. The Balaban J connectivity index is 2.38. The fourth-order valence-electron chi connectivity index (χ4n) is 1.85. The molecular weight excluding hydrogens is 326 g/mol. The fourth-order valence-corrected chi connectivity index (χ4v) is 2.80. The first-order valence-corrected chi connectivity index (χ1v) is 7.98. The van der Waals surface area contributed by atoms with Crippen molar-refractivity contribution in [3.63, 3.8) is 0 Å². The lowest BCUT2D eigenvalue weighted by molar-refractivity contribution is 0.390. The normalized spacial score (nSPS) is 11.7. The molecule has 0 N–H and O–H groups in total. The second-order valence-electron chi connectivity index (χ2n) is 4.52. The molecule has 0 fully saturated rings. The summed E-state index contributed by atoms with van der Waals surface area (Å²) < 4.78 is 60.5. The maximum absolute atomic E-state index is 13.2. The standard InChI is InChI=1S/C16H14F2O4S/c1-3-4-11-5-8-15(16(9-11)21-2)22-23(19,20)12-6-7-13(17)14(18)10-12/h3-10H,1-2H3/b4-3+. The summed E-state index contributed by atoms with van der Waals surface area (Å²) >= 11 is 0. The van der Waals surface area contributed by atoms with Crippen molar-refractivity contribution >= 4 is 16.2 Å². The van der Waals surface area contributed by atoms with E-state index in [0.717, 1.165) is 17.7 Å². The van der Waals surface area contributed by atoms with E-state index in [1.807, 2.05) is 13.0 Å². The zero-order valence-electron chi connectivity index (χ0n) is 12.4. The van der Waals surface area contributed by atoms with Crippen LogP contribution in [0.5, 0.6) is 11.5 Å². The molecule has 0 saturated carbocycles. The van der Waals surface area contributed by atoms with E-state index in [2.05, 4.69) is 0 Å². The number of halogens is 2. The summed E-state index contributed by atoms with van der Waals surface area (Å²) in [6, 6.07) is 6.86. The Morgan fingerprint density at radius 2 is 1.74 bits per heavy atom. The van der Waals surface area contributed by atoms with Crippen LogP contribution in [0.4, 0.5) is 8.78 Å². The summed E-state index contributed by atoms with van der Waals surface area (Å²) in [5, 5.41) is 0. The molecule has 0 saturated heterocycles. The third-order valence-electron chi connectivity index (χ3n) is 2.93. The van der Waals surface area contributed by atoms with Gasteiger partial charge in [0.15, 0.2) is 23.1 Å². The quantitative estimate of drug-likeness (QED) is 0.778. The Bertz CT molecular complexity index is 845. The Morgan fingerprint density at radius 1 is 1.00 bits per heavy atom. The number of benzene rings is 2. The van der Waals surface area contributed by atoms with Crippen molar-refractivity contribution in [3.05, 3.63) is 59.7 Å². The van der Waals surface area contributed by atoms with Crippen molar-refractivity contribution in [2.45, 2.75) is 11.8 Å². The third-order valence-corrected chi connectivity index (χ3v) is 4.16. The van der Waals surface area contributed by atoms with Crippen molar-refractivity contribution in [1.82, 2.24) is 0 Å². The smallest absolute Gasteiger partial charge is 0.339 e. The van der Waals surface area contributed by atoms with Crippen LogP contribution in [0.3, 0.4) is 0 Å². The van der Waals surface area contributed by atoms with Gasteiger partial charge in [-0.15, -0.1) is 0 Å². The first-order valence-electron chi connectivity index (χ1n) is 6.57. The molecule has 0 radical (unpaired) electrons. The molecule has 2 aromatic carbocycles. The van der Waals surface area contributed by atoms with Crippen molar-refractivity contribution in [3.8, 4) is 11.5 Å². The second-order valence-corrected chi connectivity index (χ2v) is 6.07. The minimum absolute atomic E-state index is 0.0505. The van der Waals surface area contributed by atoms with Gasteiger partial charge in [0.2, 0.25) is 0 Å². The number of hydrogen-bond donors (Lipinski definition) is 0. The van der Waals surface area contributed by atoms with Gasteiger partial charge in [0.05, 0.1) is 7.11 Å². The lowest BCUT2D eigenvalue weighted by atomic mass is 10.2. The summed E-state index contributed by atoms with van der Waals surface area (Å²) in [5.74, 6) is -2.26. The topological polar surface area (TPSA) is 52.6 Å². The van der Waals surface area contributed by atoms with Crippen molar-refractivity contribution in [2.75, 3.05) is 7.11 Å². The summed E-state index contributed by atoms with van der Waals surface area (Å²) in [4.78, 5) is -0.490. The predicted octanol–water partition coefficient (Wildman–Crippen LogP) is 3.77. The van der Waals surface area contributed by atoms with E-state index < -0.39 is 26.6 Å². The molecule has 2 aromatic rings. The largest absolute Gasteiger partial charge is 0.493 e. The van der Waals surface area contributed by atoms with Crippen LogP contribution in [-0.4, -0.2) is 15.5 Å². The van der Waals surface area contributed by atoms with E-state index in [1.54, 1.807) is 18.2 Å². The number of methoxy groups -OCH3 is 1. The van der Waals surface area contributed by atoms with E-state index >= 15 is 0 Å². The zero-order chi connectivity index (χ0) is 17.0. The lowest BCUT2D eigenvalue weighted by Gasteiger charge is -2.11. The average molecular weight is 340 g/mol. The van der Waals surface area contributed by atoms with Gasteiger partial charge in [-0.2, -0.15) is 8.42 Å². The van der Waals surface area contributed by atoms with Crippen LogP contribution in [0.2, 0.25) is 0 Å². The number of hydrogen-bond acceptors (Lipinski definition) is 4. The van der Waals surface area contributed by atoms with Crippen LogP contribution in [-0.2, 0) is 10.1 Å². The summed E-state index contributed by atoms with van der Waals surface area (Å²) in [7, 11) is -2.95. The molecule has 0 spiro atoms. The van der Waals surface area contributed by atoms with Gasteiger partial charge in [-0.05, 0) is 42.8 Å². The SMILES string of the molecule is C/C=C/c1ccc(OS(=O)(=O)c2ccc(F)c(F)c2)c(OC)c1. The molecule has 0 unspecified atom stereocenters. The maximum atomic E-state index is 13.2. The Morgan fingerprint density at radius 3 is 2.35 bits per heavy atom. The number of ether oxygens (including phenoxy) is 1. The Hall–Kier alpha value is -2.41. The van der Waals surface area contributed by atoms with Crippen molar-refractivity contribution in [2.24, 2.45) is 0 Å². The van der Waals surface area contributed by atoms with E-state index in [0.29, 0.717) is 6.07 Å². The Kier molecular flexibility index (Phi) is 5.00. The van der Waals surface area contributed by atoms with E-state index in [-0.39, 0.29) is 11.5 Å². The van der Waals surface area contributed by atoms with Gasteiger partial charge in [-0.3, -0.25) is 0 Å². The van der Waals surface area contributed by atoms with Gasteiger partial charge < -0.3 is 8.92 Å². The maximum Gasteiger partial charge on any atom is 0.339 e. The van der Waals surface area contributed by atoms with Crippen LogP contribution >= 0.6 is 0 Å². The highest BCUT2D eigenvalue weighted by molar-refractivity contribution is 7.87. The first-order chi connectivity index (χ1) is 10.9. The minimum atomic E-state index is -4.32. The molecule has 23 heavy (non-hydrogen) atoms. The summed E-state index contributed by atoms with van der Waals surface area (Å²) in [6.45, 7) is 1.84. The van der Waals surface area contributed by atoms with Gasteiger partial charge >= 0.3 is 10.1 Å². The van der Waals surface area contributed by atoms with Gasteiger partial charge in [-0.25, -0.2) is 8.78 Å². The fraction of sp³-hybridized carbons (Fsp3) is 0.125. The molecule has 0 bridgehead atoms. The zero-order valence-corrected chi connectivity index (χ0v) is 13.2. The molecule has 0 aliphatic rings. The number of rotatable bonds is 5. The molecule has 0 aromatic heterocycles. The molecule has 0 heterocycles. The van der Waals surface area contributed by atoms with E-state index in [4.69, 9.17) is 8.92 Å². The second kappa shape index (κ2) is 6.78. The van der Waals surface area contributed by atoms with Gasteiger partial charge in [-0.1, -0.05) is 18.2 Å². The highest BCUT2D eigenvalue weighted by Crippen LogP contribution is 2.31. The average Bonchev–Trinajstić information content (AvgIpc) is 2.51. The molecule has 7 heteroatoms. The van der Waals surface area contributed by atoms with Crippen LogP contribution in [0, 0.1) is 11.6 Å². The number of allylic oxidation sites excluding steroid dienone is 1. The van der Waals surface area contributed by atoms with Crippen LogP contribution in [0.15, 0.2) is 47.4 Å². The molecule has 4 nitrogen and oxygen atoms in total. The lowest BCUT2D eigenvalue weighted by Crippen LogP contribution is -2.11. The van der Waals surface area contributed by atoms with Crippen molar-refractivity contribution < 1.29 is 26.1 Å².